The van der Waals surface area contributed by atoms with Crippen LogP contribution in [0.25, 0.3) is 0 Å². The molecule has 6 heteroatoms. The van der Waals surface area contributed by atoms with Crippen molar-refractivity contribution >= 4 is 12.1 Å². The Morgan fingerprint density at radius 3 is 2.23 bits per heavy atom. The molecule has 30 heavy (non-hydrogen) atoms. The number of amides is 1. The molecule has 0 bridgehead atoms. The van der Waals surface area contributed by atoms with Gasteiger partial charge in [-0.05, 0) is 54.4 Å². The van der Waals surface area contributed by atoms with E-state index < -0.39 is 0 Å². The Bertz CT molecular complexity index is 956. The van der Waals surface area contributed by atoms with Crippen LogP contribution >= 0.6 is 0 Å². The van der Waals surface area contributed by atoms with Crippen molar-refractivity contribution < 1.29 is 19.0 Å². The molecule has 0 aliphatic rings. The molecule has 0 unspecified atom stereocenters. The highest BCUT2D eigenvalue weighted by Gasteiger charge is 2.06. The van der Waals surface area contributed by atoms with Gasteiger partial charge in [0.25, 0.3) is 5.91 Å². The second-order valence-corrected chi connectivity index (χ2v) is 6.30. The normalized spacial score (nSPS) is 10.6. The zero-order valence-electron chi connectivity index (χ0n) is 16.8. The first-order chi connectivity index (χ1) is 14.7. The molecule has 0 heterocycles. The van der Waals surface area contributed by atoms with Gasteiger partial charge >= 0.3 is 0 Å². The second kappa shape index (κ2) is 11.3. The summed E-state index contributed by atoms with van der Waals surface area (Å²) in [5, 5.41) is 3.96. The predicted octanol–water partition coefficient (Wildman–Crippen LogP) is 4.19. The van der Waals surface area contributed by atoms with Gasteiger partial charge in [0.15, 0.2) is 18.1 Å². The lowest BCUT2D eigenvalue weighted by Gasteiger charge is -2.10. The van der Waals surface area contributed by atoms with Crippen LogP contribution in [0.4, 0.5) is 0 Å². The summed E-state index contributed by atoms with van der Waals surface area (Å²) in [4.78, 5) is 11.9. The highest BCUT2D eigenvalue weighted by Crippen LogP contribution is 2.26. The third-order valence-electron chi connectivity index (χ3n) is 4.04. The van der Waals surface area contributed by atoms with Crippen LogP contribution in [0, 0.1) is 0 Å². The van der Waals surface area contributed by atoms with E-state index in [4.69, 9.17) is 14.2 Å². The quantitative estimate of drug-likeness (QED) is 0.406. The summed E-state index contributed by atoms with van der Waals surface area (Å²) in [6.07, 6.45) is 1.56. The second-order valence-electron chi connectivity index (χ2n) is 6.30. The van der Waals surface area contributed by atoms with Crippen LogP contribution in [0.3, 0.4) is 0 Å². The molecule has 1 amide bonds. The number of para-hydroxylation sites is 2. The Morgan fingerprint density at radius 1 is 0.867 bits per heavy atom. The summed E-state index contributed by atoms with van der Waals surface area (Å²) in [5.41, 5.74) is 4.39. The molecule has 3 aromatic rings. The number of nitrogens with zero attached hydrogens (tertiary/aromatic N) is 1. The molecule has 0 aliphatic carbocycles. The molecule has 0 spiro atoms. The number of hydrazone groups is 1. The van der Waals surface area contributed by atoms with E-state index in [0.29, 0.717) is 24.7 Å². The lowest BCUT2D eigenvalue weighted by molar-refractivity contribution is -0.123. The molecule has 3 rings (SSSR count). The van der Waals surface area contributed by atoms with E-state index in [1.807, 2.05) is 73.7 Å². The summed E-state index contributed by atoms with van der Waals surface area (Å²) in [6.45, 7) is 2.76. The van der Waals surface area contributed by atoms with Gasteiger partial charge in [-0.25, -0.2) is 5.43 Å². The lowest BCUT2D eigenvalue weighted by Crippen LogP contribution is -2.24. The van der Waals surface area contributed by atoms with Crippen LogP contribution in [0.2, 0.25) is 0 Å². The van der Waals surface area contributed by atoms with E-state index in [1.54, 1.807) is 18.3 Å². The van der Waals surface area contributed by atoms with E-state index in [9.17, 15) is 4.79 Å². The molecule has 6 nitrogen and oxygen atoms in total. The van der Waals surface area contributed by atoms with E-state index in [1.165, 1.54) is 0 Å². The van der Waals surface area contributed by atoms with E-state index >= 15 is 0 Å². The molecular formula is C24H24N2O4. The number of ether oxygens (including phenoxy) is 3. The molecule has 0 aliphatic heterocycles. The van der Waals surface area contributed by atoms with Gasteiger partial charge in [-0.15, -0.1) is 0 Å². The van der Waals surface area contributed by atoms with Gasteiger partial charge in [-0.1, -0.05) is 42.5 Å². The van der Waals surface area contributed by atoms with Crippen molar-refractivity contribution in [3.8, 4) is 17.2 Å². The van der Waals surface area contributed by atoms with Crippen molar-refractivity contribution in [2.45, 2.75) is 13.5 Å². The fourth-order valence-corrected chi connectivity index (χ4v) is 2.59. The Kier molecular flexibility index (Phi) is 7.85. The van der Waals surface area contributed by atoms with Crippen molar-refractivity contribution in [1.82, 2.24) is 5.43 Å². The molecular weight excluding hydrogens is 380 g/mol. The van der Waals surface area contributed by atoms with Crippen LogP contribution < -0.4 is 19.6 Å². The van der Waals surface area contributed by atoms with Crippen LogP contribution in [0.5, 0.6) is 17.2 Å². The Balaban J connectivity index is 1.43. The van der Waals surface area contributed by atoms with Crippen LogP contribution in [0.1, 0.15) is 18.1 Å². The summed E-state index contributed by atoms with van der Waals surface area (Å²) < 4.78 is 16.7. The Hall–Kier alpha value is -3.80. The van der Waals surface area contributed by atoms with Crippen LogP contribution in [-0.2, 0) is 11.4 Å². The minimum absolute atomic E-state index is 0.159. The Labute approximate surface area is 176 Å². The maximum atomic E-state index is 11.9. The van der Waals surface area contributed by atoms with Crippen molar-refractivity contribution in [1.29, 1.82) is 0 Å². The smallest absolute Gasteiger partial charge is 0.277 e. The number of carbonyl (C=O) groups excluding carboxylic acids is 1. The van der Waals surface area contributed by atoms with Crippen LogP contribution in [0.15, 0.2) is 84.0 Å². The van der Waals surface area contributed by atoms with Crippen molar-refractivity contribution in [3.63, 3.8) is 0 Å². The van der Waals surface area contributed by atoms with Gasteiger partial charge in [0.05, 0.1) is 12.8 Å². The van der Waals surface area contributed by atoms with Gasteiger partial charge in [-0.3, -0.25) is 4.79 Å². The van der Waals surface area contributed by atoms with Gasteiger partial charge in [-0.2, -0.15) is 5.10 Å². The van der Waals surface area contributed by atoms with Crippen molar-refractivity contribution in [3.05, 3.63) is 90.0 Å². The largest absolute Gasteiger partial charge is 0.490 e. The fourth-order valence-electron chi connectivity index (χ4n) is 2.59. The molecule has 0 radical (unpaired) electrons. The third kappa shape index (κ3) is 6.67. The Morgan fingerprint density at radius 2 is 1.53 bits per heavy atom. The van der Waals surface area contributed by atoms with Gasteiger partial charge in [0.1, 0.15) is 12.4 Å². The number of hydrogen-bond acceptors (Lipinski definition) is 5. The average Bonchev–Trinajstić information content (AvgIpc) is 2.79. The first kappa shape index (κ1) is 20.9. The fraction of sp³-hybridized carbons (Fsp3) is 0.167. The topological polar surface area (TPSA) is 69.2 Å². The lowest BCUT2D eigenvalue weighted by atomic mass is 10.2. The molecule has 0 saturated carbocycles. The molecule has 0 saturated heterocycles. The van der Waals surface area contributed by atoms with E-state index in [2.05, 4.69) is 10.5 Å². The first-order valence-corrected chi connectivity index (χ1v) is 9.68. The molecule has 1 N–H and O–H groups in total. The highest BCUT2D eigenvalue weighted by molar-refractivity contribution is 5.83. The SMILES string of the molecule is CCOc1ccccc1OCC(=O)N/N=C\c1ccc(OCc2ccccc2)cc1. The molecule has 0 fully saturated rings. The van der Waals surface area contributed by atoms with Gasteiger partial charge < -0.3 is 14.2 Å². The predicted molar refractivity (Wildman–Crippen MR) is 116 cm³/mol. The molecule has 3 aromatic carbocycles. The standard InChI is InChI=1S/C24H24N2O4/c1-2-28-22-10-6-7-11-23(22)30-18-24(27)26-25-16-19-12-14-21(15-13-19)29-17-20-8-4-3-5-9-20/h3-16H,2,17-18H2,1H3,(H,26,27)/b25-16-. The number of nitrogens with one attached hydrogen (secondary N) is 1. The summed E-state index contributed by atoms with van der Waals surface area (Å²) in [6, 6.07) is 24.6. The van der Waals surface area contributed by atoms with E-state index in [-0.39, 0.29) is 12.5 Å². The van der Waals surface area contributed by atoms with Gasteiger partial charge in [0.2, 0.25) is 0 Å². The minimum Gasteiger partial charge on any atom is -0.490 e. The summed E-state index contributed by atoms with van der Waals surface area (Å²) in [5.74, 6) is 1.53. The number of rotatable bonds is 10. The number of benzene rings is 3. The molecule has 154 valence electrons. The maximum absolute atomic E-state index is 11.9. The maximum Gasteiger partial charge on any atom is 0.277 e. The summed E-state index contributed by atoms with van der Waals surface area (Å²) in [7, 11) is 0. The minimum atomic E-state index is -0.361. The zero-order valence-corrected chi connectivity index (χ0v) is 16.8. The van der Waals surface area contributed by atoms with Crippen LogP contribution in [-0.4, -0.2) is 25.3 Å². The summed E-state index contributed by atoms with van der Waals surface area (Å²) >= 11 is 0. The van der Waals surface area contributed by atoms with Crippen molar-refractivity contribution in [2.24, 2.45) is 5.10 Å². The number of carbonyl (C=O) groups is 1. The zero-order chi connectivity index (χ0) is 21.0. The average molecular weight is 404 g/mol. The molecule has 0 atom stereocenters. The third-order valence-corrected chi connectivity index (χ3v) is 4.04. The molecule has 0 aromatic heterocycles. The monoisotopic (exact) mass is 404 g/mol. The first-order valence-electron chi connectivity index (χ1n) is 9.68. The highest BCUT2D eigenvalue weighted by atomic mass is 16.5. The van der Waals surface area contributed by atoms with Gasteiger partial charge in [0, 0.05) is 0 Å². The van der Waals surface area contributed by atoms with Crippen molar-refractivity contribution in [2.75, 3.05) is 13.2 Å². The van der Waals surface area contributed by atoms with E-state index in [0.717, 1.165) is 16.9 Å². The number of hydrogen-bond donors (Lipinski definition) is 1.